The third-order valence-corrected chi connectivity index (χ3v) is 5.87. The summed E-state index contributed by atoms with van der Waals surface area (Å²) in [6.07, 6.45) is 3.79. The van der Waals surface area contributed by atoms with E-state index in [-0.39, 0.29) is 22.7 Å². The minimum Gasteiger partial charge on any atom is -0.258 e. The minimum atomic E-state index is -3.73. The van der Waals surface area contributed by atoms with E-state index < -0.39 is 14.9 Å². The van der Waals surface area contributed by atoms with Gasteiger partial charge in [-0.1, -0.05) is 25.0 Å². The smallest absolute Gasteiger partial charge is 0.258 e. The fourth-order valence-corrected chi connectivity index (χ4v) is 4.99. The van der Waals surface area contributed by atoms with Crippen molar-refractivity contribution in [2.45, 2.75) is 42.7 Å². The summed E-state index contributed by atoms with van der Waals surface area (Å²) in [6.45, 7) is 0. The van der Waals surface area contributed by atoms with E-state index >= 15 is 0 Å². The first-order valence-electron chi connectivity index (χ1n) is 6.30. The van der Waals surface area contributed by atoms with Gasteiger partial charge in [-0.25, -0.2) is 8.42 Å². The minimum absolute atomic E-state index is 0.0542. The van der Waals surface area contributed by atoms with Crippen LogP contribution in [0, 0.1) is 10.1 Å². The second-order valence-corrected chi connectivity index (χ2v) is 6.79. The van der Waals surface area contributed by atoms with Gasteiger partial charge in [-0.05, 0) is 18.9 Å². The second kappa shape index (κ2) is 4.28. The summed E-state index contributed by atoms with van der Waals surface area (Å²) < 4.78 is 26.5. The Morgan fingerprint density at radius 1 is 1.16 bits per heavy atom. The van der Waals surface area contributed by atoms with Crippen molar-refractivity contribution in [3.8, 4) is 0 Å². The summed E-state index contributed by atoms with van der Waals surface area (Å²) in [5.74, 6) is 0. The molecule has 0 radical (unpaired) electrons. The van der Waals surface area contributed by atoms with Crippen molar-refractivity contribution in [3.63, 3.8) is 0 Å². The Kier molecular flexibility index (Phi) is 2.83. The normalized spacial score (nSPS) is 29.6. The molecule has 1 aliphatic heterocycles. The van der Waals surface area contributed by atoms with E-state index in [4.69, 9.17) is 0 Å². The molecular weight excluding hydrogens is 268 g/mol. The van der Waals surface area contributed by atoms with Crippen LogP contribution in [-0.2, 0) is 10.0 Å². The van der Waals surface area contributed by atoms with E-state index in [9.17, 15) is 18.5 Å². The van der Waals surface area contributed by atoms with Crippen LogP contribution in [0.4, 0.5) is 5.69 Å². The summed E-state index contributed by atoms with van der Waals surface area (Å²) in [5.41, 5.74) is -0.342. The maximum atomic E-state index is 12.5. The molecule has 1 aliphatic carbocycles. The molecule has 0 bridgehead atoms. The third-order valence-electron chi connectivity index (χ3n) is 3.88. The molecule has 0 amide bonds. The average Bonchev–Trinajstić information content (AvgIpc) is 3.13. The van der Waals surface area contributed by atoms with Gasteiger partial charge in [-0.2, -0.15) is 4.31 Å². The van der Waals surface area contributed by atoms with Crippen molar-refractivity contribution >= 4 is 15.7 Å². The number of nitro groups is 1. The van der Waals surface area contributed by atoms with Crippen molar-refractivity contribution < 1.29 is 13.3 Å². The van der Waals surface area contributed by atoms with Gasteiger partial charge in [0.15, 0.2) is 4.90 Å². The van der Waals surface area contributed by atoms with Crippen LogP contribution in [0.1, 0.15) is 25.7 Å². The van der Waals surface area contributed by atoms with Gasteiger partial charge in [0.2, 0.25) is 0 Å². The van der Waals surface area contributed by atoms with E-state index in [1.54, 1.807) is 0 Å². The molecule has 2 unspecified atom stereocenters. The first-order valence-corrected chi connectivity index (χ1v) is 7.74. The number of nitrogens with zero attached hydrogens (tertiary/aromatic N) is 2. The van der Waals surface area contributed by atoms with E-state index in [2.05, 4.69) is 0 Å². The molecule has 19 heavy (non-hydrogen) atoms. The molecule has 2 atom stereocenters. The predicted molar refractivity (Wildman–Crippen MR) is 68.2 cm³/mol. The van der Waals surface area contributed by atoms with Crippen LogP contribution >= 0.6 is 0 Å². The summed E-state index contributed by atoms with van der Waals surface area (Å²) in [5, 5.41) is 10.9. The van der Waals surface area contributed by atoms with Gasteiger partial charge in [0.1, 0.15) is 0 Å². The maximum absolute atomic E-state index is 12.5. The van der Waals surface area contributed by atoms with E-state index in [0.29, 0.717) is 0 Å². The Balaban J connectivity index is 2.00. The highest BCUT2D eigenvalue weighted by Crippen LogP contribution is 2.45. The van der Waals surface area contributed by atoms with Crippen molar-refractivity contribution in [3.05, 3.63) is 34.4 Å². The van der Waals surface area contributed by atoms with Gasteiger partial charge >= 0.3 is 0 Å². The summed E-state index contributed by atoms with van der Waals surface area (Å²) >= 11 is 0. The topological polar surface area (TPSA) is 80.3 Å². The van der Waals surface area contributed by atoms with Crippen LogP contribution in [0.3, 0.4) is 0 Å². The van der Waals surface area contributed by atoms with Crippen molar-refractivity contribution in [2.75, 3.05) is 0 Å². The van der Waals surface area contributed by atoms with Crippen LogP contribution in [0.15, 0.2) is 29.2 Å². The summed E-state index contributed by atoms with van der Waals surface area (Å²) in [4.78, 5) is 10.1. The second-order valence-electron chi connectivity index (χ2n) is 4.98. The molecule has 1 saturated carbocycles. The van der Waals surface area contributed by atoms with Crippen LogP contribution < -0.4 is 0 Å². The fraction of sp³-hybridized carbons (Fsp3) is 0.500. The van der Waals surface area contributed by atoms with Crippen LogP contribution in [0.2, 0.25) is 0 Å². The number of para-hydroxylation sites is 1. The molecule has 2 fully saturated rings. The Morgan fingerprint density at radius 2 is 1.74 bits per heavy atom. The van der Waals surface area contributed by atoms with Crippen molar-refractivity contribution in [2.24, 2.45) is 0 Å². The highest BCUT2D eigenvalue weighted by atomic mass is 32.2. The Morgan fingerprint density at radius 3 is 2.32 bits per heavy atom. The molecule has 2 aliphatic rings. The molecule has 102 valence electrons. The number of benzene rings is 1. The molecule has 0 aromatic heterocycles. The van der Waals surface area contributed by atoms with Gasteiger partial charge < -0.3 is 0 Å². The van der Waals surface area contributed by atoms with E-state index in [0.717, 1.165) is 25.7 Å². The number of hydrogen-bond acceptors (Lipinski definition) is 4. The average molecular weight is 282 g/mol. The molecule has 1 aromatic carbocycles. The lowest BCUT2D eigenvalue weighted by Crippen LogP contribution is -2.17. The molecule has 0 N–H and O–H groups in total. The van der Waals surface area contributed by atoms with Crippen molar-refractivity contribution in [1.82, 2.24) is 4.31 Å². The number of sulfonamides is 1. The van der Waals surface area contributed by atoms with Gasteiger partial charge in [-0.15, -0.1) is 0 Å². The number of nitro benzene ring substituents is 1. The number of hydrogen-bond donors (Lipinski definition) is 0. The lowest BCUT2D eigenvalue weighted by atomic mass is 10.0. The summed E-state index contributed by atoms with van der Waals surface area (Å²) in [7, 11) is -3.73. The van der Waals surface area contributed by atoms with Crippen molar-refractivity contribution in [1.29, 1.82) is 0 Å². The summed E-state index contributed by atoms with van der Waals surface area (Å²) in [6, 6.07) is 5.66. The van der Waals surface area contributed by atoms with Crippen LogP contribution in [0.25, 0.3) is 0 Å². The molecule has 1 saturated heterocycles. The van der Waals surface area contributed by atoms with Gasteiger partial charge in [0, 0.05) is 18.2 Å². The monoisotopic (exact) mass is 282 g/mol. The SMILES string of the molecule is O=[N+]([O-])c1ccccc1S(=O)(=O)N1C2CCCCC21. The Labute approximate surface area is 111 Å². The lowest BCUT2D eigenvalue weighted by Gasteiger charge is -2.06. The Hall–Kier alpha value is -1.47. The quantitative estimate of drug-likeness (QED) is 0.482. The maximum Gasteiger partial charge on any atom is 0.289 e. The third kappa shape index (κ3) is 1.93. The highest BCUT2D eigenvalue weighted by Gasteiger charge is 2.56. The van der Waals surface area contributed by atoms with Gasteiger partial charge in [0.05, 0.1) is 4.92 Å². The standard InChI is InChI=1S/C12H14N2O4S/c15-14(16)11-7-3-4-8-12(11)19(17,18)13-9-5-1-2-6-10(9)13/h3-4,7-10H,1-2,5-6H2. The molecule has 0 spiro atoms. The predicted octanol–water partition coefficient (Wildman–Crippen LogP) is 1.91. The molecular formula is C12H14N2O4S. The number of rotatable bonds is 3. The highest BCUT2D eigenvalue weighted by molar-refractivity contribution is 7.89. The van der Waals surface area contributed by atoms with Gasteiger partial charge in [0.25, 0.3) is 15.7 Å². The first kappa shape index (κ1) is 12.6. The Bertz CT molecular complexity index is 616. The molecule has 1 aromatic rings. The first-order chi connectivity index (χ1) is 9.03. The molecule has 6 nitrogen and oxygen atoms in total. The zero-order valence-electron chi connectivity index (χ0n) is 10.2. The lowest BCUT2D eigenvalue weighted by molar-refractivity contribution is -0.387. The fourth-order valence-electron chi connectivity index (χ4n) is 2.95. The van der Waals surface area contributed by atoms with Crippen LogP contribution in [-0.4, -0.2) is 29.7 Å². The molecule has 1 heterocycles. The zero-order chi connectivity index (χ0) is 13.6. The molecule has 7 heteroatoms. The largest absolute Gasteiger partial charge is 0.289 e. The van der Waals surface area contributed by atoms with E-state index in [1.807, 2.05) is 0 Å². The molecule has 3 rings (SSSR count). The number of fused-ring (bicyclic) bond motifs is 1. The zero-order valence-corrected chi connectivity index (χ0v) is 11.0. The van der Waals surface area contributed by atoms with Gasteiger partial charge in [-0.3, -0.25) is 10.1 Å². The van der Waals surface area contributed by atoms with Crippen LogP contribution in [0.5, 0.6) is 0 Å². The van der Waals surface area contributed by atoms with E-state index in [1.165, 1.54) is 28.6 Å².